The lowest BCUT2D eigenvalue weighted by atomic mass is 10.0. The summed E-state index contributed by atoms with van der Waals surface area (Å²) in [4.78, 5) is 10.9. The number of hydrogen-bond donors (Lipinski definition) is 3. The second-order valence-corrected chi connectivity index (χ2v) is 5.27. The maximum atomic E-state index is 10.9. The van der Waals surface area contributed by atoms with E-state index >= 15 is 0 Å². The number of hydrogen-bond acceptors (Lipinski definition) is 4. The molecule has 4 N–H and O–H groups in total. The van der Waals surface area contributed by atoms with Crippen LogP contribution in [0.1, 0.15) is 25.3 Å². The lowest BCUT2D eigenvalue weighted by molar-refractivity contribution is -0.119. The van der Waals surface area contributed by atoms with E-state index in [4.69, 9.17) is 10.5 Å². The molecule has 0 aliphatic carbocycles. The van der Waals surface area contributed by atoms with Crippen molar-refractivity contribution < 1.29 is 9.53 Å². The molecule has 0 spiro atoms. The number of amides is 1. The van der Waals surface area contributed by atoms with E-state index in [0.29, 0.717) is 12.5 Å². The summed E-state index contributed by atoms with van der Waals surface area (Å²) in [5.74, 6) is 0.618. The molecule has 0 aromatic heterocycles. The van der Waals surface area contributed by atoms with Crippen molar-refractivity contribution in [3.05, 3.63) is 23.8 Å². The lowest BCUT2D eigenvalue weighted by Crippen LogP contribution is -2.23. The highest BCUT2D eigenvalue weighted by Crippen LogP contribution is 2.22. The Hall–Kier alpha value is -1.75. The van der Waals surface area contributed by atoms with Gasteiger partial charge in [-0.05, 0) is 36.5 Å². The summed E-state index contributed by atoms with van der Waals surface area (Å²) < 4.78 is 5.35. The van der Waals surface area contributed by atoms with Crippen LogP contribution in [0.3, 0.4) is 0 Å². The number of carbonyl (C=O) groups is 1. The van der Waals surface area contributed by atoms with E-state index in [1.165, 1.54) is 6.92 Å². The molecule has 1 aliphatic heterocycles. The van der Waals surface area contributed by atoms with E-state index in [1.807, 2.05) is 18.2 Å². The highest BCUT2D eigenvalue weighted by molar-refractivity contribution is 5.73. The molecule has 5 nitrogen and oxygen atoms in total. The van der Waals surface area contributed by atoms with Gasteiger partial charge in [-0.25, -0.2) is 0 Å². The van der Waals surface area contributed by atoms with E-state index < -0.39 is 0 Å². The smallest absolute Gasteiger partial charge is 0.217 e. The Balaban J connectivity index is 1.86. The molecule has 2 rings (SSSR count). The molecule has 1 amide bonds. The first-order valence-electron chi connectivity index (χ1n) is 7.09. The Morgan fingerprint density at radius 2 is 2.15 bits per heavy atom. The summed E-state index contributed by atoms with van der Waals surface area (Å²) in [5, 5.41) is 6.17. The van der Waals surface area contributed by atoms with E-state index in [2.05, 4.69) is 10.6 Å². The predicted octanol–water partition coefficient (Wildman–Crippen LogP) is 1.74. The molecule has 0 atom stereocenters. The van der Waals surface area contributed by atoms with Crippen LogP contribution in [0.15, 0.2) is 18.2 Å². The summed E-state index contributed by atoms with van der Waals surface area (Å²) in [7, 11) is 0. The standard InChI is InChI=1S/C15H23N3O2/c1-11(19)17-10-13-2-3-15(14(16)8-13)18-9-12-4-6-20-7-5-12/h2-3,8,12,18H,4-7,9-10,16H2,1H3,(H,17,19). The van der Waals surface area contributed by atoms with Gasteiger partial charge in [0.1, 0.15) is 0 Å². The molecular formula is C15H23N3O2. The van der Waals surface area contributed by atoms with E-state index in [9.17, 15) is 4.79 Å². The van der Waals surface area contributed by atoms with Gasteiger partial charge in [0.05, 0.1) is 11.4 Å². The van der Waals surface area contributed by atoms with Crippen molar-refractivity contribution in [1.82, 2.24) is 5.32 Å². The van der Waals surface area contributed by atoms with Gasteiger partial charge < -0.3 is 21.1 Å². The molecule has 0 radical (unpaired) electrons. The van der Waals surface area contributed by atoms with Crippen LogP contribution >= 0.6 is 0 Å². The number of carbonyl (C=O) groups excluding carboxylic acids is 1. The summed E-state index contributed by atoms with van der Waals surface area (Å²) in [6, 6.07) is 5.87. The van der Waals surface area contributed by atoms with Crippen LogP contribution in [0.5, 0.6) is 0 Å². The summed E-state index contributed by atoms with van der Waals surface area (Å²) in [6.07, 6.45) is 2.21. The number of rotatable bonds is 5. The molecule has 0 bridgehead atoms. The highest BCUT2D eigenvalue weighted by Gasteiger charge is 2.13. The first kappa shape index (κ1) is 14.7. The molecule has 110 valence electrons. The molecule has 1 heterocycles. The number of anilines is 2. The van der Waals surface area contributed by atoms with Gasteiger partial charge in [0, 0.05) is 33.2 Å². The third-order valence-corrected chi connectivity index (χ3v) is 3.58. The molecule has 1 aromatic carbocycles. The zero-order chi connectivity index (χ0) is 14.4. The Morgan fingerprint density at radius 3 is 2.80 bits per heavy atom. The minimum absolute atomic E-state index is 0.0368. The average Bonchev–Trinajstić information content (AvgIpc) is 2.45. The van der Waals surface area contributed by atoms with Crippen LogP contribution in [0.25, 0.3) is 0 Å². The first-order chi connectivity index (χ1) is 9.65. The van der Waals surface area contributed by atoms with Gasteiger partial charge in [0.2, 0.25) is 5.91 Å². The fraction of sp³-hybridized carbons (Fsp3) is 0.533. The second kappa shape index (κ2) is 7.14. The summed E-state index contributed by atoms with van der Waals surface area (Å²) >= 11 is 0. The van der Waals surface area contributed by atoms with Crippen LogP contribution in [0.2, 0.25) is 0 Å². The van der Waals surface area contributed by atoms with Crippen molar-refractivity contribution in [2.75, 3.05) is 30.8 Å². The largest absolute Gasteiger partial charge is 0.397 e. The fourth-order valence-corrected chi connectivity index (χ4v) is 2.31. The van der Waals surface area contributed by atoms with Gasteiger partial charge in [0.25, 0.3) is 0 Å². The molecule has 5 heteroatoms. The Morgan fingerprint density at radius 1 is 1.40 bits per heavy atom. The monoisotopic (exact) mass is 277 g/mol. The van der Waals surface area contributed by atoms with Crippen LogP contribution in [0.4, 0.5) is 11.4 Å². The Labute approximate surface area is 119 Å². The SMILES string of the molecule is CC(=O)NCc1ccc(NCC2CCOCC2)c(N)c1. The Bertz CT molecular complexity index is 456. The van der Waals surface area contributed by atoms with Gasteiger partial charge in [-0.3, -0.25) is 4.79 Å². The van der Waals surface area contributed by atoms with Crippen LogP contribution < -0.4 is 16.4 Å². The zero-order valence-corrected chi connectivity index (χ0v) is 11.9. The maximum absolute atomic E-state index is 10.9. The maximum Gasteiger partial charge on any atom is 0.217 e. The molecule has 1 fully saturated rings. The third-order valence-electron chi connectivity index (χ3n) is 3.58. The molecule has 0 unspecified atom stereocenters. The van der Waals surface area contributed by atoms with Gasteiger partial charge in [0.15, 0.2) is 0 Å². The van der Waals surface area contributed by atoms with Crippen molar-refractivity contribution in [3.8, 4) is 0 Å². The summed E-state index contributed by atoms with van der Waals surface area (Å²) in [5.41, 5.74) is 8.74. The van der Waals surface area contributed by atoms with E-state index in [0.717, 1.165) is 49.5 Å². The number of nitrogens with one attached hydrogen (secondary N) is 2. The number of nitrogen functional groups attached to an aromatic ring is 1. The molecule has 20 heavy (non-hydrogen) atoms. The molecule has 1 saturated heterocycles. The predicted molar refractivity (Wildman–Crippen MR) is 80.4 cm³/mol. The molecular weight excluding hydrogens is 254 g/mol. The lowest BCUT2D eigenvalue weighted by Gasteiger charge is -2.23. The molecule has 1 aromatic rings. The van der Waals surface area contributed by atoms with Gasteiger partial charge in [-0.15, -0.1) is 0 Å². The number of benzene rings is 1. The quantitative estimate of drug-likeness (QED) is 0.717. The van der Waals surface area contributed by atoms with Gasteiger partial charge in [-0.2, -0.15) is 0 Å². The van der Waals surface area contributed by atoms with E-state index in [-0.39, 0.29) is 5.91 Å². The van der Waals surface area contributed by atoms with Crippen molar-refractivity contribution in [3.63, 3.8) is 0 Å². The molecule has 1 aliphatic rings. The van der Waals surface area contributed by atoms with Gasteiger partial charge in [-0.1, -0.05) is 6.07 Å². The summed E-state index contributed by atoms with van der Waals surface area (Å²) in [6.45, 7) is 4.67. The van der Waals surface area contributed by atoms with Crippen molar-refractivity contribution in [2.45, 2.75) is 26.3 Å². The van der Waals surface area contributed by atoms with Crippen LogP contribution in [-0.2, 0) is 16.1 Å². The minimum Gasteiger partial charge on any atom is -0.397 e. The number of ether oxygens (including phenoxy) is 1. The van der Waals surface area contributed by atoms with Crippen molar-refractivity contribution in [1.29, 1.82) is 0 Å². The average molecular weight is 277 g/mol. The highest BCUT2D eigenvalue weighted by atomic mass is 16.5. The Kier molecular flexibility index (Phi) is 5.24. The topological polar surface area (TPSA) is 76.4 Å². The normalized spacial score (nSPS) is 15.8. The second-order valence-electron chi connectivity index (χ2n) is 5.27. The molecule has 0 saturated carbocycles. The van der Waals surface area contributed by atoms with Crippen LogP contribution in [-0.4, -0.2) is 25.7 Å². The fourth-order valence-electron chi connectivity index (χ4n) is 2.31. The first-order valence-corrected chi connectivity index (χ1v) is 7.09. The van der Waals surface area contributed by atoms with Crippen molar-refractivity contribution >= 4 is 17.3 Å². The van der Waals surface area contributed by atoms with E-state index in [1.54, 1.807) is 0 Å². The third kappa shape index (κ3) is 4.42. The van der Waals surface area contributed by atoms with Gasteiger partial charge >= 0.3 is 0 Å². The van der Waals surface area contributed by atoms with Crippen molar-refractivity contribution in [2.24, 2.45) is 5.92 Å². The number of nitrogens with two attached hydrogens (primary N) is 1. The minimum atomic E-state index is -0.0368. The zero-order valence-electron chi connectivity index (χ0n) is 11.9. The van der Waals surface area contributed by atoms with Crippen LogP contribution in [0, 0.1) is 5.92 Å².